The molecule has 8 rings (SSSR count). The summed E-state index contributed by atoms with van der Waals surface area (Å²) in [5.74, 6) is 3.06. The number of rotatable bonds is 2. The highest BCUT2D eigenvalue weighted by Crippen LogP contribution is 2.64. The summed E-state index contributed by atoms with van der Waals surface area (Å²) < 4.78 is 2.43. The minimum atomic E-state index is 0.496. The molecule has 4 aliphatic carbocycles. The van der Waals surface area contributed by atoms with Crippen LogP contribution in [0.4, 0.5) is 0 Å². The van der Waals surface area contributed by atoms with Gasteiger partial charge >= 0.3 is 0 Å². The van der Waals surface area contributed by atoms with Gasteiger partial charge in [0.25, 0.3) is 0 Å². The lowest BCUT2D eigenvalue weighted by Gasteiger charge is -2.39. The maximum Gasteiger partial charge on any atom is 0.0541 e. The maximum absolute atomic E-state index is 2.45. The van der Waals surface area contributed by atoms with E-state index in [1.165, 1.54) is 59.6 Å². The number of nitrogens with zero attached hydrogens (tertiary/aromatic N) is 1. The third kappa shape index (κ3) is 1.92. The Kier molecular flexibility index (Phi) is 2.91. The summed E-state index contributed by atoms with van der Waals surface area (Å²) in [6.07, 6.45) is 7.37. The molecule has 1 heteroatoms. The fourth-order valence-electron chi connectivity index (χ4n) is 7.33. The zero-order chi connectivity index (χ0) is 18.3. The first kappa shape index (κ1) is 15.4. The molecule has 1 heterocycles. The van der Waals surface area contributed by atoms with E-state index in [2.05, 4.69) is 77.4 Å². The van der Waals surface area contributed by atoms with Gasteiger partial charge in [0.1, 0.15) is 0 Å². The maximum atomic E-state index is 2.45. The van der Waals surface area contributed by atoms with E-state index >= 15 is 0 Å². The Morgan fingerprint density at radius 2 is 1.21 bits per heavy atom. The first-order chi connectivity index (χ1) is 13.8. The molecular formula is C27H25N. The molecule has 2 unspecified atom stereocenters. The van der Waals surface area contributed by atoms with E-state index in [1.54, 1.807) is 5.56 Å². The van der Waals surface area contributed by atoms with E-state index < -0.39 is 0 Å². The van der Waals surface area contributed by atoms with Crippen molar-refractivity contribution in [2.24, 2.45) is 17.8 Å². The summed E-state index contributed by atoms with van der Waals surface area (Å²) in [6, 6.07) is 27.2. The van der Waals surface area contributed by atoms with Crippen molar-refractivity contribution in [1.82, 2.24) is 4.57 Å². The smallest absolute Gasteiger partial charge is 0.0541 e. The lowest BCUT2D eigenvalue weighted by atomic mass is 9.66. The molecule has 0 saturated heterocycles. The van der Waals surface area contributed by atoms with E-state index in [9.17, 15) is 0 Å². The molecule has 1 nitrogen and oxygen atoms in total. The standard InChI is InChI=1S/C27H25N/c1-3-7-25-23(5-1)24-6-2-4-8-26(24)28(25)22-11-9-21(10-12-22)27-15-18-13-19(16-27)20(14-18)17-27/h1-12,18-20H,13-17H2. The van der Waals surface area contributed by atoms with Gasteiger partial charge < -0.3 is 4.57 Å². The summed E-state index contributed by atoms with van der Waals surface area (Å²) in [7, 11) is 0. The van der Waals surface area contributed by atoms with E-state index in [1.807, 2.05) is 0 Å². The van der Waals surface area contributed by atoms with Gasteiger partial charge in [0.15, 0.2) is 0 Å². The van der Waals surface area contributed by atoms with Crippen LogP contribution in [0.25, 0.3) is 27.5 Å². The monoisotopic (exact) mass is 363 g/mol. The van der Waals surface area contributed by atoms with Gasteiger partial charge in [0.05, 0.1) is 11.0 Å². The van der Waals surface area contributed by atoms with Crippen LogP contribution >= 0.6 is 0 Å². The number of para-hydroxylation sites is 2. The number of hydrogen-bond donors (Lipinski definition) is 0. The average Bonchev–Trinajstić information content (AvgIpc) is 3.31. The molecule has 4 aromatic rings. The van der Waals surface area contributed by atoms with Crippen LogP contribution in [0.3, 0.4) is 0 Å². The van der Waals surface area contributed by atoms with Crippen molar-refractivity contribution in [2.75, 3.05) is 0 Å². The minimum Gasteiger partial charge on any atom is -0.309 e. The Morgan fingerprint density at radius 1 is 0.643 bits per heavy atom. The van der Waals surface area contributed by atoms with Crippen LogP contribution in [0.5, 0.6) is 0 Å². The fourth-order valence-corrected chi connectivity index (χ4v) is 7.33. The molecule has 0 aliphatic heterocycles. The first-order valence-electron chi connectivity index (χ1n) is 10.9. The molecule has 138 valence electrons. The topological polar surface area (TPSA) is 4.93 Å². The van der Waals surface area contributed by atoms with Gasteiger partial charge in [-0.3, -0.25) is 0 Å². The molecule has 28 heavy (non-hydrogen) atoms. The van der Waals surface area contributed by atoms with Crippen molar-refractivity contribution in [3.8, 4) is 5.69 Å². The molecule has 0 N–H and O–H groups in total. The van der Waals surface area contributed by atoms with Crippen LogP contribution in [0, 0.1) is 17.8 Å². The van der Waals surface area contributed by atoms with Gasteiger partial charge in [-0.05, 0) is 85.1 Å². The second-order valence-corrected chi connectivity index (χ2v) is 9.67. The molecule has 4 fully saturated rings. The molecule has 1 aromatic heterocycles. The SMILES string of the molecule is c1ccc2c(c1)c1ccccc1n2-c1ccc(C23CC4CC(C2)C(C4)C3)cc1. The summed E-state index contributed by atoms with van der Waals surface area (Å²) >= 11 is 0. The molecule has 0 amide bonds. The first-order valence-corrected chi connectivity index (χ1v) is 10.9. The van der Waals surface area contributed by atoms with Crippen molar-refractivity contribution in [1.29, 1.82) is 0 Å². The van der Waals surface area contributed by atoms with Gasteiger partial charge in [-0.15, -0.1) is 0 Å². The van der Waals surface area contributed by atoms with Gasteiger partial charge in [-0.1, -0.05) is 48.5 Å². The number of fused-ring (bicyclic) bond motifs is 3. The lowest BCUT2D eigenvalue weighted by molar-refractivity contribution is 0.229. The zero-order valence-corrected chi connectivity index (χ0v) is 16.1. The predicted octanol–water partition coefficient (Wildman–Crippen LogP) is 6.86. The molecule has 0 radical (unpaired) electrons. The zero-order valence-electron chi connectivity index (χ0n) is 16.1. The number of hydrogen-bond acceptors (Lipinski definition) is 0. The number of benzene rings is 3. The largest absolute Gasteiger partial charge is 0.309 e. The molecule has 3 aromatic carbocycles. The Morgan fingerprint density at radius 3 is 1.79 bits per heavy atom. The van der Waals surface area contributed by atoms with Crippen LogP contribution in [0.1, 0.15) is 37.7 Å². The van der Waals surface area contributed by atoms with Crippen molar-refractivity contribution >= 4 is 21.8 Å². The van der Waals surface area contributed by atoms with Crippen LogP contribution in [0.15, 0.2) is 72.8 Å². The molecular weight excluding hydrogens is 338 g/mol. The number of aromatic nitrogens is 1. The van der Waals surface area contributed by atoms with Crippen LogP contribution in [0.2, 0.25) is 0 Å². The van der Waals surface area contributed by atoms with Gasteiger partial charge in [-0.2, -0.15) is 0 Å². The summed E-state index contributed by atoms with van der Waals surface area (Å²) in [4.78, 5) is 0. The van der Waals surface area contributed by atoms with Gasteiger partial charge in [-0.25, -0.2) is 0 Å². The molecule has 4 aliphatic rings. The Labute approximate surface area is 166 Å². The molecule has 4 bridgehead atoms. The second kappa shape index (κ2) is 5.29. The Balaban J connectivity index is 1.37. The molecule has 2 atom stereocenters. The third-order valence-electron chi connectivity index (χ3n) is 8.24. The minimum absolute atomic E-state index is 0.496. The van der Waals surface area contributed by atoms with Gasteiger partial charge in [0, 0.05) is 16.5 Å². The Bertz CT molecular complexity index is 1140. The van der Waals surface area contributed by atoms with Crippen LogP contribution in [-0.2, 0) is 5.41 Å². The summed E-state index contributed by atoms with van der Waals surface area (Å²) in [5.41, 5.74) is 5.99. The normalized spacial score (nSPS) is 30.6. The van der Waals surface area contributed by atoms with E-state index in [-0.39, 0.29) is 0 Å². The van der Waals surface area contributed by atoms with E-state index in [0.717, 1.165) is 17.8 Å². The van der Waals surface area contributed by atoms with Crippen molar-refractivity contribution in [2.45, 2.75) is 37.5 Å². The van der Waals surface area contributed by atoms with Crippen molar-refractivity contribution in [3.63, 3.8) is 0 Å². The predicted molar refractivity (Wildman–Crippen MR) is 116 cm³/mol. The van der Waals surface area contributed by atoms with Crippen LogP contribution < -0.4 is 0 Å². The third-order valence-corrected chi connectivity index (χ3v) is 8.24. The highest BCUT2D eigenvalue weighted by atomic mass is 15.0. The lowest BCUT2D eigenvalue weighted by Crippen LogP contribution is -2.31. The van der Waals surface area contributed by atoms with Crippen molar-refractivity contribution in [3.05, 3.63) is 78.4 Å². The highest BCUT2D eigenvalue weighted by Gasteiger charge is 2.56. The highest BCUT2D eigenvalue weighted by molar-refractivity contribution is 6.09. The molecule has 0 spiro atoms. The summed E-state index contributed by atoms with van der Waals surface area (Å²) in [6.45, 7) is 0. The second-order valence-electron chi connectivity index (χ2n) is 9.67. The molecule has 4 saturated carbocycles. The quantitative estimate of drug-likeness (QED) is 0.366. The van der Waals surface area contributed by atoms with Crippen molar-refractivity contribution < 1.29 is 0 Å². The Hall–Kier alpha value is -2.54. The average molecular weight is 364 g/mol. The van der Waals surface area contributed by atoms with Crippen LogP contribution in [-0.4, -0.2) is 4.57 Å². The fraction of sp³-hybridized carbons (Fsp3) is 0.333. The van der Waals surface area contributed by atoms with E-state index in [4.69, 9.17) is 0 Å². The van der Waals surface area contributed by atoms with Gasteiger partial charge in [0.2, 0.25) is 0 Å². The van der Waals surface area contributed by atoms with E-state index in [0.29, 0.717) is 5.41 Å². The summed E-state index contributed by atoms with van der Waals surface area (Å²) in [5, 5.41) is 2.68.